The number of aliphatic hydroxyl groups is 1. The Morgan fingerprint density at radius 3 is 2.50 bits per heavy atom. The lowest BCUT2D eigenvalue weighted by Gasteiger charge is -2.43. The molecule has 18 heavy (non-hydrogen) atoms. The maximum absolute atomic E-state index is 9.98. The number of nitrogens with zero attached hydrogens (tertiary/aromatic N) is 2. The molecule has 1 heterocycles. The lowest BCUT2D eigenvalue weighted by molar-refractivity contribution is 0.0284. The molecule has 1 rings (SSSR count). The van der Waals surface area contributed by atoms with Crippen LogP contribution in [0.4, 0.5) is 0 Å². The van der Waals surface area contributed by atoms with Crippen LogP contribution in [-0.2, 0) is 4.74 Å². The van der Waals surface area contributed by atoms with E-state index in [2.05, 4.69) is 36.0 Å². The van der Waals surface area contributed by atoms with Crippen LogP contribution in [0.1, 0.15) is 13.8 Å². The van der Waals surface area contributed by atoms with Gasteiger partial charge in [0.15, 0.2) is 0 Å². The number of β-amino-alcohol motifs (C(OH)–C–C–N with tert-alkyl or cyclic N) is 1. The summed E-state index contributed by atoms with van der Waals surface area (Å²) in [5.41, 5.74) is 0. The van der Waals surface area contributed by atoms with Crippen LogP contribution in [0.5, 0.6) is 0 Å². The number of rotatable bonds is 7. The zero-order chi connectivity index (χ0) is 13.5. The summed E-state index contributed by atoms with van der Waals surface area (Å²) >= 11 is 0. The number of likely N-dealkylation sites (N-methyl/N-ethyl adjacent to an activating group) is 1. The maximum atomic E-state index is 9.98. The Morgan fingerprint density at radius 2 is 1.94 bits per heavy atom. The van der Waals surface area contributed by atoms with Crippen molar-refractivity contribution in [2.75, 3.05) is 53.5 Å². The summed E-state index contributed by atoms with van der Waals surface area (Å²) in [5.74, 6) is 0. The third-order valence-electron chi connectivity index (χ3n) is 3.77. The molecule has 3 unspecified atom stereocenters. The van der Waals surface area contributed by atoms with Crippen molar-refractivity contribution < 1.29 is 9.84 Å². The van der Waals surface area contributed by atoms with Crippen LogP contribution in [-0.4, -0.2) is 86.6 Å². The van der Waals surface area contributed by atoms with Gasteiger partial charge in [0, 0.05) is 51.9 Å². The van der Waals surface area contributed by atoms with Crippen LogP contribution >= 0.6 is 0 Å². The summed E-state index contributed by atoms with van der Waals surface area (Å²) in [6.07, 6.45) is -0.301. The molecule has 5 nitrogen and oxygen atoms in total. The summed E-state index contributed by atoms with van der Waals surface area (Å²) in [6, 6.07) is 1.12. The Bertz CT molecular complexity index is 216. The van der Waals surface area contributed by atoms with Crippen LogP contribution in [0.2, 0.25) is 0 Å². The van der Waals surface area contributed by atoms with Crippen LogP contribution in [0.25, 0.3) is 0 Å². The molecular formula is C13H29N3O2. The van der Waals surface area contributed by atoms with Crippen LogP contribution < -0.4 is 5.32 Å². The van der Waals surface area contributed by atoms with Crippen molar-refractivity contribution in [3.05, 3.63) is 0 Å². The van der Waals surface area contributed by atoms with Crippen molar-refractivity contribution in [1.82, 2.24) is 15.1 Å². The third kappa shape index (κ3) is 5.20. The molecule has 5 heteroatoms. The van der Waals surface area contributed by atoms with Gasteiger partial charge in [-0.05, 0) is 20.9 Å². The SMILES string of the molecule is COCCNCC(O)CN1CC(C)N(C)C(C)C1. The van der Waals surface area contributed by atoms with Gasteiger partial charge in [-0.1, -0.05) is 0 Å². The first-order valence-electron chi connectivity index (χ1n) is 6.86. The average Bonchev–Trinajstić information content (AvgIpc) is 2.31. The van der Waals surface area contributed by atoms with Crippen molar-refractivity contribution in [2.24, 2.45) is 0 Å². The van der Waals surface area contributed by atoms with Gasteiger partial charge >= 0.3 is 0 Å². The van der Waals surface area contributed by atoms with E-state index in [0.717, 1.165) is 26.2 Å². The van der Waals surface area contributed by atoms with Gasteiger partial charge in [0.05, 0.1) is 12.7 Å². The van der Waals surface area contributed by atoms with E-state index in [9.17, 15) is 5.11 Å². The number of ether oxygens (including phenoxy) is 1. The largest absolute Gasteiger partial charge is 0.390 e. The second-order valence-corrected chi connectivity index (χ2v) is 5.43. The number of piperazine rings is 1. The normalized spacial score (nSPS) is 28.5. The number of hydrogen-bond acceptors (Lipinski definition) is 5. The Labute approximate surface area is 111 Å². The molecule has 0 radical (unpaired) electrons. The molecule has 1 fully saturated rings. The molecule has 3 atom stereocenters. The highest BCUT2D eigenvalue weighted by Crippen LogP contribution is 2.13. The summed E-state index contributed by atoms with van der Waals surface area (Å²) in [5, 5.41) is 13.2. The topological polar surface area (TPSA) is 48.0 Å². The molecule has 1 aliphatic heterocycles. The third-order valence-corrected chi connectivity index (χ3v) is 3.77. The van der Waals surface area contributed by atoms with Gasteiger partial charge in [-0.15, -0.1) is 0 Å². The minimum absolute atomic E-state index is 0.301. The molecule has 108 valence electrons. The van der Waals surface area contributed by atoms with Crippen molar-refractivity contribution in [1.29, 1.82) is 0 Å². The Hall–Kier alpha value is -0.200. The smallest absolute Gasteiger partial charge is 0.0791 e. The molecule has 2 N–H and O–H groups in total. The molecule has 0 aromatic carbocycles. The van der Waals surface area contributed by atoms with Crippen LogP contribution in [0.15, 0.2) is 0 Å². The fourth-order valence-electron chi connectivity index (χ4n) is 2.47. The van der Waals surface area contributed by atoms with E-state index in [4.69, 9.17) is 4.74 Å². The fourth-order valence-corrected chi connectivity index (χ4v) is 2.47. The molecule has 0 bridgehead atoms. The number of methoxy groups -OCH3 is 1. The average molecular weight is 259 g/mol. The van der Waals surface area contributed by atoms with E-state index in [1.165, 1.54) is 0 Å². The van der Waals surface area contributed by atoms with Crippen molar-refractivity contribution in [3.63, 3.8) is 0 Å². The summed E-state index contributed by atoms with van der Waals surface area (Å²) in [4.78, 5) is 4.76. The van der Waals surface area contributed by atoms with Gasteiger partial charge in [0.25, 0.3) is 0 Å². The van der Waals surface area contributed by atoms with E-state index in [1.807, 2.05) is 0 Å². The second-order valence-electron chi connectivity index (χ2n) is 5.43. The Kier molecular flexibility index (Phi) is 7.11. The fraction of sp³-hybridized carbons (Fsp3) is 1.00. The molecule has 0 aromatic rings. The van der Waals surface area contributed by atoms with Crippen molar-refractivity contribution >= 4 is 0 Å². The van der Waals surface area contributed by atoms with Gasteiger partial charge in [-0.25, -0.2) is 0 Å². The second kappa shape index (κ2) is 8.07. The van der Waals surface area contributed by atoms with E-state index in [0.29, 0.717) is 25.2 Å². The monoisotopic (exact) mass is 259 g/mol. The molecule has 0 aliphatic carbocycles. The van der Waals surface area contributed by atoms with Gasteiger partial charge in [-0.2, -0.15) is 0 Å². The van der Waals surface area contributed by atoms with Crippen molar-refractivity contribution in [2.45, 2.75) is 32.0 Å². The van der Waals surface area contributed by atoms with E-state index in [-0.39, 0.29) is 6.10 Å². The lowest BCUT2D eigenvalue weighted by atomic mass is 10.1. The quantitative estimate of drug-likeness (QED) is 0.610. The number of aliphatic hydroxyl groups excluding tert-OH is 1. The van der Waals surface area contributed by atoms with Crippen LogP contribution in [0, 0.1) is 0 Å². The molecule has 1 aliphatic rings. The van der Waals surface area contributed by atoms with E-state index < -0.39 is 0 Å². The maximum Gasteiger partial charge on any atom is 0.0791 e. The number of hydrogen-bond donors (Lipinski definition) is 2. The standard InChI is InChI=1S/C13H29N3O2/c1-11-8-16(9-12(2)15(11)3)10-13(17)7-14-5-6-18-4/h11-14,17H,5-10H2,1-4H3. The lowest BCUT2D eigenvalue weighted by Crippen LogP contribution is -2.56. The van der Waals surface area contributed by atoms with Gasteiger partial charge < -0.3 is 15.2 Å². The Morgan fingerprint density at radius 1 is 1.33 bits per heavy atom. The highest BCUT2D eigenvalue weighted by molar-refractivity contribution is 4.83. The minimum atomic E-state index is -0.301. The minimum Gasteiger partial charge on any atom is -0.390 e. The molecule has 1 saturated heterocycles. The first-order valence-corrected chi connectivity index (χ1v) is 6.86. The predicted molar refractivity (Wildman–Crippen MR) is 73.9 cm³/mol. The molecule has 0 spiro atoms. The molecule has 0 aromatic heterocycles. The Balaban J connectivity index is 2.21. The first-order chi connectivity index (χ1) is 8.54. The van der Waals surface area contributed by atoms with Gasteiger partial charge in [0.1, 0.15) is 0 Å². The van der Waals surface area contributed by atoms with E-state index >= 15 is 0 Å². The zero-order valence-electron chi connectivity index (χ0n) is 12.2. The van der Waals surface area contributed by atoms with Gasteiger partial charge in [0.2, 0.25) is 0 Å². The highest BCUT2D eigenvalue weighted by atomic mass is 16.5. The summed E-state index contributed by atoms with van der Waals surface area (Å²) in [6.45, 7) is 9.43. The van der Waals surface area contributed by atoms with Crippen molar-refractivity contribution in [3.8, 4) is 0 Å². The molecule has 0 saturated carbocycles. The zero-order valence-corrected chi connectivity index (χ0v) is 12.2. The molecule has 0 amide bonds. The molecular weight excluding hydrogens is 230 g/mol. The van der Waals surface area contributed by atoms with Crippen LogP contribution in [0.3, 0.4) is 0 Å². The van der Waals surface area contributed by atoms with E-state index in [1.54, 1.807) is 7.11 Å². The summed E-state index contributed by atoms with van der Waals surface area (Å²) < 4.78 is 4.95. The number of nitrogens with one attached hydrogen (secondary N) is 1. The highest BCUT2D eigenvalue weighted by Gasteiger charge is 2.27. The van der Waals surface area contributed by atoms with Gasteiger partial charge in [-0.3, -0.25) is 9.80 Å². The summed E-state index contributed by atoms with van der Waals surface area (Å²) in [7, 11) is 3.86. The first kappa shape index (κ1) is 15.9. The predicted octanol–water partition coefficient (Wildman–Crippen LogP) is -0.392.